The second-order valence-electron chi connectivity index (χ2n) is 6.47. The fourth-order valence-electron chi connectivity index (χ4n) is 3.26. The number of halogens is 1. The first-order chi connectivity index (χ1) is 12.1. The minimum Gasteiger partial charge on any atom is -0.419 e. The Labute approximate surface area is 145 Å². The third-order valence-electron chi connectivity index (χ3n) is 4.72. The lowest BCUT2D eigenvalue weighted by Gasteiger charge is -2.20. The number of hydrogen-bond acceptors (Lipinski definition) is 5. The van der Waals surface area contributed by atoms with Gasteiger partial charge in [0.25, 0.3) is 0 Å². The number of H-pyrrole nitrogens is 1. The summed E-state index contributed by atoms with van der Waals surface area (Å²) in [5, 5.41) is 8.23. The van der Waals surface area contributed by atoms with Gasteiger partial charge in [-0.2, -0.15) is 0 Å². The molecule has 1 unspecified atom stereocenters. The molecule has 0 spiro atoms. The predicted octanol–water partition coefficient (Wildman–Crippen LogP) is 3.55. The van der Waals surface area contributed by atoms with Crippen LogP contribution in [0, 0.1) is 19.7 Å². The summed E-state index contributed by atoms with van der Waals surface area (Å²) >= 11 is 0. The Bertz CT molecular complexity index is 850. The summed E-state index contributed by atoms with van der Waals surface area (Å²) in [6, 6.07) is 6.29. The van der Waals surface area contributed by atoms with Gasteiger partial charge in [-0.15, -0.1) is 10.2 Å². The summed E-state index contributed by atoms with van der Waals surface area (Å²) in [6.45, 7) is 5.61. The molecule has 0 amide bonds. The van der Waals surface area contributed by atoms with Crippen LogP contribution in [-0.2, 0) is 6.54 Å². The van der Waals surface area contributed by atoms with Gasteiger partial charge in [-0.3, -0.25) is 4.90 Å². The second-order valence-corrected chi connectivity index (χ2v) is 6.47. The molecule has 7 heteroatoms. The van der Waals surface area contributed by atoms with Crippen molar-refractivity contribution in [1.29, 1.82) is 0 Å². The Balaban J connectivity index is 1.50. The summed E-state index contributed by atoms with van der Waals surface area (Å²) in [6.07, 6.45) is 2.17. The van der Waals surface area contributed by atoms with Crippen molar-refractivity contribution in [3.8, 4) is 11.5 Å². The van der Waals surface area contributed by atoms with E-state index in [0.717, 1.165) is 42.2 Å². The van der Waals surface area contributed by atoms with Crippen LogP contribution in [0.2, 0.25) is 0 Å². The standard InChI is InChI=1S/C18H20FN5O/c1-11-12(2)21-17(20-11)15-4-3-9-24(15)10-16-22-23-18(25-16)13-5-7-14(19)8-6-13/h5-8,15H,3-4,9-10H2,1-2H3,(H,20,21). The quantitative estimate of drug-likeness (QED) is 0.786. The summed E-state index contributed by atoms with van der Waals surface area (Å²) in [5.41, 5.74) is 2.87. The Morgan fingerprint density at radius 1 is 1.24 bits per heavy atom. The van der Waals surface area contributed by atoms with Crippen molar-refractivity contribution in [2.24, 2.45) is 0 Å². The highest BCUT2D eigenvalue weighted by atomic mass is 19.1. The second kappa shape index (κ2) is 6.40. The van der Waals surface area contributed by atoms with Gasteiger partial charge in [0.05, 0.1) is 18.3 Å². The molecule has 130 valence electrons. The van der Waals surface area contributed by atoms with Crippen molar-refractivity contribution in [2.45, 2.75) is 39.3 Å². The number of nitrogens with zero attached hydrogens (tertiary/aromatic N) is 4. The maximum atomic E-state index is 13.0. The number of benzene rings is 1. The molecule has 3 heterocycles. The third-order valence-corrected chi connectivity index (χ3v) is 4.72. The van der Waals surface area contributed by atoms with Crippen molar-refractivity contribution >= 4 is 0 Å². The van der Waals surface area contributed by atoms with Gasteiger partial charge in [-0.1, -0.05) is 0 Å². The molecular weight excluding hydrogens is 321 g/mol. The zero-order valence-corrected chi connectivity index (χ0v) is 14.3. The molecule has 25 heavy (non-hydrogen) atoms. The highest BCUT2D eigenvalue weighted by molar-refractivity contribution is 5.51. The van der Waals surface area contributed by atoms with Gasteiger partial charge >= 0.3 is 0 Å². The molecular formula is C18H20FN5O. The first kappa shape index (κ1) is 16.0. The fraction of sp³-hybridized carbons (Fsp3) is 0.389. The lowest BCUT2D eigenvalue weighted by molar-refractivity contribution is 0.217. The number of aryl methyl sites for hydroxylation is 2. The van der Waals surface area contributed by atoms with Gasteiger partial charge in [0, 0.05) is 11.3 Å². The fourth-order valence-corrected chi connectivity index (χ4v) is 3.26. The number of rotatable bonds is 4. The minimum atomic E-state index is -0.285. The van der Waals surface area contributed by atoms with Crippen LogP contribution in [-0.4, -0.2) is 31.6 Å². The lowest BCUT2D eigenvalue weighted by Crippen LogP contribution is -2.23. The van der Waals surface area contributed by atoms with Gasteiger partial charge in [0.15, 0.2) is 0 Å². The Morgan fingerprint density at radius 3 is 2.76 bits per heavy atom. The number of imidazole rings is 1. The predicted molar refractivity (Wildman–Crippen MR) is 90.1 cm³/mol. The molecule has 4 rings (SSSR count). The maximum absolute atomic E-state index is 13.0. The topological polar surface area (TPSA) is 70.8 Å². The number of nitrogens with one attached hydrogen (secondary N) is 1. The Morgan fingerprint density at radius 2 is 2.04 bits per heavy atom. The highest BCUT2D eigenvalue weighted by Gasteiger charge is 2.30. The number of hydrogen-bond donors (Lipinski definition) is 1. The molecule has 1 aromatic carbocycles. The average molecular weight is 341 g/mol. The number of aromatic nitrogens is 4. The molecule has 0 radical (unpaired) electrons. The SMILES string of the molecule is Cc1nc(C2CCCN2Cc2nnc(-c3ccc(F)cc3)o2)[nH]c1C. The normalized spacial score (nSPS) is 18.1. The first-order valence-corrected chi connectivity index (χ1v) is 8.45. The van der Waals surface area contributed by atoms with Gasteiger partial charge in [0.2, 0.25) is 11.8 Å². The van der Waals surface area contributed by atoms with Crippen LogP contribution in [0.5, 0.6) is 0 Å². The van der Waals surface area contributed by atoms with E-state index < -0.39 is 0 Å². The van der Waals surface area contributed by atoms with Gasteiger partial charge in [0.1, 0.15) is 11.6 Å². The molecule has 1 aliphatic rings. The van der Waals surface area contributed by atoms with Crippen molar-refractivity contribution in [2.75, 3.05) is 6.54 Å². The largest absolute Gasteiger partial charge is 0.419 e. The molecule has 0 bridgehead atoms. The molecule has 6 nitrogen and oxygen atoms in total. The number of likely N-dealkylation sites (tertiary alicyclic amines) is 1. The van der Waals surface area contributed by atoms with Crippen LogP contribution in [0.15, 0.2) is 28.7 Å². The van der Waals surface area contributed by atoms with Crippen LogP contribution in [0.1, 0.15) is 42.0 Å². The zero-order valence-electron chi connectivity index (χ0n) is 14.3. The van der Waals surface area contributed by atoms with Crippen molar-refractivity contribution in [3.05, 3.63) is 53.2 Å². The van der Waals surface area contributed by atoms with E-state index in [2.05, 4.69) is 25.1 Å². The molecule has 1 atom stereocenters. The average Bonchev–Trinajstić information content (AvgIpc) is 3.31. The maximum Gasteiger partial charge on any atom is 0.247 e. The van der Waals surface area contributed by atoms with E-state index in [1.54, 1.807) is 12.1 Å². The van der Waals surface area contributed by atoms with E-state index in [0.29, 0.717) is 18.3 Å². The molecule has 1 saturated heterocycles. The first-order valence-electron chi connectivity index (χ1n) is 8.45. The summed E-state index contributed by atoms with van der Waals surface area (Å²) in [5.74, 6) is 1.69. The minimum absolute atomic E-state index is 0.244. The molecule has 3 aromatic rings. The zero-order chi connectivity index (χ0) is 17.4. The van der Waals surface area contributed by atoms with Crippen LogP contribution in [0.3, 0.4) is 0 Å². The molecule has 0 aliphatic carbocycles. The van der Waals surface area contributed by atoms with E-state index in [4.69, 9.17) is 4.42 Å². The van der Waals surface area contributed by atoms with Crippen molar-refractivity contribution in [3.63, 3.8) is 0 Å². The summed E-state index contributed by atoms with van der Waals surface area (Å²) < 4.78 is 18.8. The molecule has 1 fully saturated rings. The van der Waals surface area contributed by atoms with Gasteiger partial charge in [-0.05, 0) is 57.5 Å². The summed E-state index contributed by atoms with van der Waals surface area (Å²) in [7, 11) is 0. The number of aromatic amines is 1. The smallest absolute Gasteiger partial charge is 0.247 e. The van der Waals surface area contributed by atoms with E-state index in [9.17, 15) is 4.39 Å². The van der Waals surface area contributed by atoms with Crippen LogP contribution in [0.4, 0.5) is 4.39 Å². The van der Waals surface area contributed by atoms with E-state index >= 15 is 0 Å². The van der Waals surface area contributed by atoms with E-state index in [1.807, 2.05) is 13.8 Å². The molecule has 2 aromatic heterocycles. The van der Waals surface area contributed by atoms with E-state index in [1.165, 1.54) is 12.1 Å². The van der Waals surface area contributed by atoms with Crippen LogP contribution in [0.25, 0.3) is 11.5 Å². The van der Waals surface area contributed by atoms with Crippen LogP contribution >= 0.6 is 0 Å². The van der Waals surface area contributed by atoms with E-state index in [-0.39, 0.29) is 11.9 Å². The Hall–Kier alpha value is -2.54. The van der Waals surface area contributed by atoms with Gasteiger partial charge < -0.3 is 9.40 Å². The lowest BCUT2D eigenvalue weighted by atomic mass is 10.2. The monoisotopic (exact) mass is 341 g/mol. The highest BCUT2D eigenvalue weighted by Crippen LogP contribution is 2.32. The summed E-state index contributed by atoms with van der Waals surface area (Å²) in [4.78, 5) is 10.3. The molecule has 1 N–H and O–H groups in total. The molecule has 0 saturated carbocycles. The Kier molecular flexibility index (Phi) is 4.09. The van der Waals surface area contributed by atoms with Crippen molar-refractivity contribution < 1.29 is 8.81 Å². The third kappa shape index (κ3) is 3.19. The van der Waals surface area contributed by atoms with Crippen LogP contribution < -0.4 is 0 Å². The van der Waals surface area contributed by atoms with Gasteiger partial charge in [-0.25, -0.2) is 9.37 Å². The van der Waals surface area contributed by atoms with Crippen molar-refractivity contribution in [1.82, 2.24) is 25.1 Å². The molecule has 1 aliphatic heterocycles.